The van der Waals surface area contributed by atoms with E-state index < -0.39 is 0 Å². The first kappa shape index (κ1) is 31.8. The molecule has 1 atom stereocenters. The van der Waals surface area contributed by atoms with Gasteiger partial charge in [0, 0.05) is 6.21 Å². The van der Waals surface area contributed by atoms with Crippen molar-refractivity contribution in [2.45, 2.75) is 79.0 Å². The van der Waals surface area contributed by atoms with Crippen LogP contribution in [-0.4, -0.2) is 22.2 Å². The number of allylic oxidation sites excluding steroid dienone is 7. The molecular weight excluding hydrogens is 478 g/mol. The molecule has 0 amide bonds. The van der Waals surface area contributed by atoms with E-state index in [0.29, 0.717) is 16.5 Å². The zero-order valence-corrected chi connectivity index (χ0v) is 25.3. The highest BCUT2D eigenvalue weighted by molar-refractivity contribution is 8.01. The van der Waals surface area contributed by atoms with Crippen LogP contribution in [-0.2, 0) is 0 Å². The van der Waals surface area contributed by atoms with E-state index in [1.54, 1.807) is 11.8 Å². The minimum absolute atomic E-state index is 0.239. The molecule has 196 valence electrons. The Morgan fingerprint density at radius 3 is 2.22 bits per heavy atom. The van der Waals surface area contributed by atoms with E-state index in [1.807, 2.05) is 56.5 Å². The molecule has 0 aliphatic carbocycles. The van der Waals surface area contributed by atoms with E-state index in [-0.39, 0.29) is 5.41 Å². The molecule has 0 saturated heterocycles. The monoisotopic (exact) mass is 523 g/mol. The summed E-state index contributed by atoms with van der Waals surface area (Å²) in [7, 11) is 0. The fourth-order valence-electron chi connectivity index (χ4n) is 3.51. The first-order chi connectivity index (χ1) is 16.9. The van der Waals surface area contributed by atoms with Crippen LogP contribution >= 0.6 is 23.1 Å². The van der Waals surface area contributed by atoms with Gasteiger partial charge in [-0.15, -0.1) is 10.2 Å². The number of aliphatic imine (C=N–C) groups is 1. The molecule has 0 radical (unpaired) electrons. The molecule has 0 spiro atoms. The normalized spacial score (nSPS) is 13.9. The lowest BCUT2D eigenvalue weighted by molar-refractivity contribution is 0.229. The Balaban J connectivity index is 0.000000548. The average molecular weight is 524 g/mol. The van der Waals surface area contributed by atoms with Crippen LogP contribution in [0, 0.1) is 10.8 Å². The number of hydrogen-bond donors (Lipinski definition) is 0. The van der Waals surface area contributed by atoms with Gasteiger partial charge in [0.15, 0.2) is 4.34 Å². The second kappa shape index (κ2) is 15.8. The van der Waals surface area contributed by atoms with Gasteiger partial charge in [-0.3, -0.25) is 0 Å². The number of benzene rings is 1. The largest absolute Gasteiger partial charge is 0.232 e. The van der Waals surface area contributed by atoms with Gasteiger partial charge in [0.25, 0.3) is 0 Å². The predicted octanol–water partition coefficient (Wildman–Crippen LogP) is 10.2. The van der Waals surface area contributed by atoms with Crippen LogP contribution in [0.25, 0.3) is 0 Å². The van der Waals surface area contributed by atoms with E-state index in [9.17, 15) is 0 Å². The Bertz CT molecular complexity index is 1030. The van der Waals surface area contributed by atoms with E-state index in [1.165, 1.54) is 23.3 Å². The van der Waals surface area contributed by atoms with Crippen LogP contribution < -0.4 is 0 Å². The number of aromatic nitrogens is 2. The Morgan fingerprint density at radius 1 is 1.06 bits per heavy atom. The van der Waals surface area contributed by atoms with Crippen LogP contribution in [0.4, 0.5) is 5.13 Å². The number of rotatable bonds is 9. The molecule has 2 rings (SSSR count). The maximum atomic E-state index is 4.47. The van der Waals surface area contributed by atoms with Gasteiger partial charge in [-0.25, -0.2) is 4.99 Å². The summed E-state index contributed by atoms with van der Waals surface area (Å²) in [5.74, 6) is 1.54. The molecule has 1 heterocycles. The molecule has 5 heteroatoms. The number of thioether (sulfide) groups is 1. The van der Waals surface area contributed by atoms with Gasteiger partial charge in [-0.1, -0.05) is 139 Å². The molecule has 0 aliphatic heterocycles. The van der Waals surface area contributed by atoms with Gasteiger partial charge in [0.05, 0.1) is 0 Å². The van der Waals surface area contributed by atoms with E-state index in [2.05, 4.69) is 94.5 Å². The lowest BCUT2D eigenvalue weighted by Crippen LogP contribution is -2.23. The summed E-state index contributed by atoms with van der Waals surface area (Å²) in [4.78, 5) is 4.47. The maximum absolute atomic E-state index is 4.47. The third kappa shape index (κ3) is 12.6. The van der Waals surface area contributed by atoms with E-state index in [0.717, 1.165) is 21.2 Å². The first-order valence-electron chi connectivity index (χ1n) is 12.6. The van der Waals surface area contributed by atoms with Gasteiger partial charge in [-0.05, 0) is 59.5 Å². The van der Waals surface area contributed by atoms with Crippen molar-refractivity contribution in [2.75, 3.05) is 5.75 Å². The van der Waals surface area contributed by atoms with Crippen LogP contribution in [0.3, 0.4) is 0 Å². The van der Waals surface area contributed by atoms with E-state index in [4.69, 9.17) is 0 Å². The van der Waals surface area contributed by atoms with Crippen molar-refractivity contribution in [3.05, 3.63) is 84.0 Å². The molecule has 3 nitrogen and oxygen atoms in total. The zero-order chi connectivity index (χ0) is 27.2. The highest BCUT2D eigenvalue weighted by Crippen LogP contribution is 2.43. The minimum atomic E-state index is 0.239. The van der Waals surface area contributed by atoms with Crippen molar-refractivity contribution in [1.82, 2.24) is 10.2 Å². The van der Waals surface area contributed by atoms with Crippen molar-refractivity contribution in [2.24, 2.45) is 15.8 Å². The van der Waals surface area contributed by atoms with Gasteiger partial charge in [0.1, 0.15) is 0 Å². The lowest BCUT2D eigenvalue weighted by atomic mass is 9.69. The Hall–Kier alpha value is -2.24. The lowest BCUT2D eigenvalue weighted by Gasteiger charge is -2.36. The average Bonchev–Trinajstić information content (AvgIpc) is 3.26. The van der Waals surface area contributed by atoms with Crippen LogP contribution in [0.1, 0.15) is 85.8 Å². The van der Waals surface area contributed by atoms with Crippen LogP contribution in [0.15, 0.2) is 82.2 Å². The molecule has 0 saturated carbocycles. The van der Waals surface area contributed by atoms with Crippen molar-refractivity contribution >= 4 is 34.4 Å². The molecule has 36 heavy (non-hydrogen) atoms. The van der Waals surface area contributed by atoms with Crippen molar-refractivity contribution < 1.29 is 0 Å². The summed E-state index contributed by atoms with van der Waals surface area (Å²) in [6, 6.07) is 8.81. The molecule has 0 fully saturated rings. The molecule has 0 N–H and O–H groups in total. The van der Waals surface area contributed by atoms with Gasteiger partial charge < -0.3 is 0 Å². The summed E-state index contributed by atoms with van der Waals surface area (Å²) in [5, 5.41) is 8.97. The van der Waals surface area contributed by atoms with Crippen molar-refractivity contribution in [3.63, 3.8) is 0 Å². The molecule has 1 aromatic carbocycles. The second-order valence-corrected chi connectivity index (χ2v) is 13.3. The van der Waals surface area contributed by atoms with Crippen molar-refractivity contribution in [3.8, 4) is 0 Å². The summed E-state index contributed by atoms with van der Waals surface area (Å²) >= 11 is 3.24. The predicted molar refractivity (Wildman–Crippen MR) is 164 cm³/mol. The smallest absolute Gasteiger partial charge is 0.226 e. The SMILES string of the molecule is C=CC(/C=C\C)=C/C=C\C.CCSc1nnc(/N=C/c2ccc(C(CC(C)(C)C)C(C)(C)C)cc2)s1. The third-order valence-corrected chi connectivity index (χ3v) is 7.11. The summed E-state index contributed by atoms with van der Waals surface area (Å²) in [5.41, 5.74) is 4.19. The van der Waals surface area contributed by atoms with Gasteiger partial charge >= 0.3 is 0 Å². The Morgan fingerprint density at radius 2 is 1.72 bits per heavy atom. The Kier molecular flexibility index (Phi) is 13.9. The molecular formula is C31H45N3S2. The molecule has 1 aromatic heterocycles. The summed E-state index contributed by atoms with van der Waals surface area (Å²) in [6.07, 6.45) is 14.9. The number of nitrogens with zero attached hydrogens (tertiary/aromatic N) is 3. The van der Waals surface area contributed by atoms with E-state index >= 15 is 0 Å². The molecule has 0 bridgehead atoms. The minimum Gasteiger partial charge on any atom is -0.226 e. The maximum Gasteiger partial charge on any atom is 0.232 e. The molecule has 1 unspecified atom stereocenters. The zero-order valence-electron chi connectivity index (χ0n) is 23.7. The fourth-order valence-corrected chi connectivity index (χ4v) is 5.09. The van der Waals surface area contributed by atoms with Gasteiger partial charge in [0.2, 0.25) is 5.13 Å². The first-order valence-corrected chi connectivity index (χ1v) is 14.4. The molecule has 0 aliphatic rings. The highest BCUT2D eigenvalue weighted by Gasteiger charge is 2.30. The standard InChI is InChI=1S/C21H31N3S2.C10H14/c1-8-25-19-24-23-18(26-19)22-14-15-9-11-16(12-10-15)17(21(5,6)7)13-20(2,3)4;1-4-7-9-10(6-3)8-5-2/h9-12,14,17H,8,13H2,1-7H3;4-9H,3H2,1-2H3/b22-14+;7-4-,8-5-,10-9-. The third-order valence-electron chi connectivity index (χ3n) is 5.26. The quantitative estimate of drug-likeness (QED) is 0.186. The van der Waals surface area contributed by atoms with Crippen LogP contribution in [0.2, 0.25) is 0 Å². The topological polar surface area (TPSA) is 38.1 Å². The highest BCUT2D eigenvalue weighted by atomic mass is 32.2. The summed E-state index contributed by atoms with van der Waals surface area (Å²) < 4.78 is 0.977. The summed E-state index contributed by atoms with van der Waals surface area (Å²) in [6.45, 7) is 23.7. The number of hydrogen-bond acceptors (Lipinski definition) is 5. The second-order valence-electron chi connectivity index (χ2n) is 10.8. The Labute approximate surface area is 228 Å². The van der Waals surface area contributed by atoms with Crippen LogP contribution in [0.5, 0.6) is 0 Å². The fraction of sp³-hybridized carbons (Fsp3) is 0.452. The van der Waals surface area contributed by atoms with Gasteiger partial charge in [-0.2, -0.15) is 0 Å². The van der Waals surface area contributed by atoms with Crippen molar-refractivity contribution in [1.29, 1.82) is 0 Å². The molecule has 2 aromatic rings.